The van der Waals surface area contributed by atoms with Gasteiger partial charge in [0, 0.05) is 28.9 Å². The highest BCUT2D eigenvalue weighted by atomic mass is 16.1. The Balaban J connectivity index is 1.76. The van der Waals surface area contributed by atoms with Gasteiger partial charge in [-0.15, -0.1) is 0 Å². The molecule has 110 valence electrons. The normalized spacial score (nSPS) is 14.9. The van der Waals surface area contributed by atoms with Gasteiger partial charge in [0.25, 0.3) is 0 Å². The summed E-state index contributed by atoms with van der Waals surface area (Å²) in [6, 6.07) is 9.53. The van der Waals surface area contributed by atoms with Crippen molar-refractivity contribution in [2.75, 3.05) is 0 Å². The monoisotopic (exact) mass is 291 g/mol. The number of carbonyl (C=O) groups is 1. The number of benzene rings is 1. The minimum Gasteiger partial charge on any atom is -0.366 e. The first-order valence-corrected chi connectivity index (χ1v) is 7.59. The van der Waals surface area contributed by atoms with E-state index in [0.29, 0.717) is 11.5 Å². The maximum atomic E-state index is 11.2. The lowest BCUT2D eigenvalue weighted by Crippen LogP contribution is -2.10. The molecular weight excluding hydrogens is 274 g/mol. The summed E-state index contributed by atoms with van der Waals surface area (Å²) in [5.41, 5.74) is 10.2. The first-order chi connectivity index (χ1) is 10.7. The largest absolute Gasteiger partial charge is 0.366 e. The van der Waals surface area contributed by atoms with Crippen molar-refractivity contribution in [2.45, 2.75) is 25.2 Å². The first-order valence-electron chi connectivity index (χ1n) is 7.59. The highest BCUT2D eigenvalue weighted by Crippen LogP contribution is 2.40. The van der Waals surface area contributed by atoms with Gasteiger partial charge < -0.3 is 10.7 Å². The second-order valence-corrected chi connectivity index (χ2v) is 5.93. The summed E-state index contributed by atoms with van der Waals surface area (Å²) in [6.07, 6.45) is 7.82. The summed E-state index contributed by atoms with van der Waals surface area (Å²) in [7, 11) is 0. The van der Waals surface area contributed by atoms with E-state index in [4.69, 9.17) is 5.73 Å². The Labute approximate surface area is 128 Å². The number of fused-ring (bicyclic) bond motifs is 1. The first kappa shape index (κ1) is 13.1. The van der Waals surface area contributed by atoms with Crippen LogP contribution in [0.5, 0.6) is 0 Å². The molecule has 4 rings (SSSR count). The predicted molar refractivity (Wildman–Crippen MR) is 86.6 cm³/mol. The van der Waals surface area contributed by atoms with Gasteiger partial charge in [0.05, 0.1) is 0 Å². The fourth-order valence-corrected chi connectivity index (χ4v) is 3.07. The third kappa shape index (κ3) is 2.08. The Morgan fingerprint density at radius 2 is 1.95 bits per heavy atom. The molecule has 1 aliphatic rings. The Morgan fingerprint density at radius 1 is 1.18 bits per heavy atom. The van der Waals surface area contributed by atoms with Crippen LogP contribution in [0.25, 0.3) is 22.2 Å². The van der Waals surface area contributed by atoms with Crippen molar-refractivity contribution in [3.05, 3.63) is 53.9 Å². The number of rotatable bonds is 3. The molecule has 3 aromatic rings. The maximum absolute atomic E-state index is 11.2. The predicted octanol–water partition coefficient (Wildman–Crippen LogP) is 3.60. The Morgan fingerprint density at radius 3 is 2.59 bits per heavy atom. The molecule has 0 bridgehead atoms. The SMILES string of the molecule is NC(=O)c1ccc(-c2cnc3[nH]cc(C4CCC4)c3c2)cc1. The van der Waals surface area contributed by atoms with E-state index in [2.05, 4.69) is 22.2 Å². The molecule has 1 amide bonds. The van der Waals surface area contributed by atoms with Gasteiger partial charge in [-0.05, 0) is 48.1 Å². The number of aromatic amines is 1. The smallest absolute Gasteiger partial charge is 0.248 e. The van der Waals surface area contributed by atoms with Crippen molar-refractivity contribution < 1.29 is 4.79 Å². The molecule has 4 heteroatoms. The molecule has 1 aliphatic carbocycles. The number of amides is 1. The number of hydrogen-bond acceptors (Lipinski definition) is 2. The molecule has 0 atom stereocenters. The van der Waals surface area contributed by atoms with Gasteiger partial charge in [0.15, 0.2) is 0 Å². The molecule has 2 aromatic heterocycles. The number of nitrogens with zero attached hydrogens (tertiary/aromatic N) is 1. The number of pyridine rings is 1. The van der Waals surface area contributed by atoms with Gasteiger partial charge in [0.1, 0.15) is 5.65 Å². The van der Waals surface area contributed by atoms with Gasteiger partial charge in [-0.1, -0.05) is 18.6 Å². The molecule has 4 nitrogen and oxygen atoms in total. The molecule has 1 aromatic carbocycles. The van der Waals surface area contributed by atoms with Crippen LogP contribution in [0.15, 0.2) is 42.7 Å². The van der Waals surface area contributed by atoms with Crippen molar-refractivity contribution in [3.63, 3.8) is 0 Å². The van der Waals surface area contributed by atoms with Crippen LogP contribution in [-0.2, 0) is 0 Å². The molecule has 1 saturated carbocycles. The zero-order chi connectivity index (χ0) is 15.1. The van der Waals surface area contributed by atoms with Gasteiger partial charge >= 0.3 is 0 Å². The van der Waals surface area contributed by atoms with Crippen molar-refractivity contribution in [3.8, 4) is 11.1 Å². The molecule has 0 radical (unpaired) electrons. The highest BCUT2D eigenvalue weighted by Gasteiger charge is 2.22. The third-order valence-electron chi connectivity index (χ3n) is 4.61. The van der Waals surface area contributed by atoms with Gasteiger partial charge in [-0.25, -0.2) is 4.98 Å². The zero-order valence-corrected chi connectivity index (χ0v) is 12.2. The van der Waals surface area contributed by atoms with E-state index in [0.717, 1.165) is 16.8 Å². The number of H-pyrrole nitrogens is 1. The Kier molecular flexibility index (Phi) is 2.96. The number of nitrogens with two attached hydrogens (primary N) is 1. The topological polar surface area (TPSA) is 71.8 Å². The lowest BCUT2D eigenvalue weighted by Gasteiger charge is -2.24. The van der Waals surface area contributed by atoms with Crippen LogP contribution in [0, 0.1) is 0 Å². The summed E-state index contributed by atoms with van der Waals surface area (Å²) < 4.78 is 0. The van der Waals surface area contributed by atoms with Gasteiger partial charge in [-0.3, -0.25) is 4.79 Å². The van der Waals surface area contributed by atoms with Crippen molar-refractivity contribution in [2.24, 2.45) is 5.73 Å². The lowest BCUT2D eigenvalue weighted by atomic mass is 9.80. The van der Waals surface area contributed by atoms with Crippen molar-refractivity contribution in [1.29, 1.82) is 0 Å². The van der Waals surface area contributed by atoms with Gasteiger partial charge in [0.2, 0.25) is 5.91 Å². The fourth-order valence-electron chi connectivity index (χ4n) is 3.07. The van der Waals surface area contributed by atoms with E-state index in [1.54, 1.807) is 12.1 Å². The van der Waals surface area contributed by atoms with E-state index in [-0.39, 0.29) is 0 Å². The van der Waals surface area contributed by atoms with Crippen LogP contribution < -0.4 is 5.73 Å². The van der Waals surface area contributed by atoms with Gasteiger partial charge in [-0.2, -0.15) is 0 Å². The fraction of sp³-hybridized carbons (Fsp3) is 0.222. The summed E-state index contributed by atoms with van der Waals surface area (Å²) in [6.45, 7) is 0. The molecule has 3 N–H and O–H groups in total. The summed E-state index contributed by atoms with van der Waals surface area (Å²) in [5, 5.41) is 1.21. The van der Waals surface area contributed by atoms with Crippen LogP contribution in [0.2, 0.25) is 0 Å². The molecular formula is C18H17N3O. The summed E-state index contributed by atoms with van der Waals surface area (Å²) in [4.78, 5) is 19.0. The van der Waals surface area contributed by atoms with Crippen molar-refractivity contribution >= 4 is 16.9 Å². The third-order valence-corrected chi connectivity index (χ3v) is 4.61. The number of aromatic nitrogens is 2. The average Bonchev–Trinajstić information content (AvgIpc) is 2.89. The average molecular weight is 291 g/mol. The molecule has 22 heavy (non-hydrogen) atoms. The molecule has 0 unspecified atom stereocenters. The van der Waals surface area contributed by atoms with Crippen LogP contribution in [0.1, 0.15) is 41.1 Å². The van der Waals surface area contributed by atoms with Crippen LogP contribution in [0.4, 0.5) is 0 Å². The standard InChI is InChI=1S/C18H17N3O/c19-17(22)13-6-4-11(5-7-13)14-8-15-16(12-2-1-3-12)10-21-18(15)20-9-14/h4-10,12H,1-3H2,(H2,19,22)(H,20,21). The Bertz CT molecular complexity index is 844. The van der Waals surface area contributed by atoms with Crippen LogP contribution in [0.3, 0.4) is 0 Å². The number of carbonyl (C=O) groups excluding carboxylic acids is 1. The molecule has 0 aliphatic heterocycles. The van der Waals surface area contributed by atoms with E-state index < -0.39 is 5.91 Å². The number of primary amides is 1. The second-order valence-electron chi connectivity index (χ2n) is 5.93. The minimum atomic E-state index is -0.405. The number of hydrogen-bond donors (Lipinski definition) is 2. The van der Waals surface area contributed by atoms with Crippen LogP contribution in [-0.4, -0.2) is 15.9 Å². The quantitative estimate of drug-likeness (QED) is 0.774. The molecule has 1 fully saturated rings. The second kappa shape index (κ2) is 4.98. The molecule has 2 heterocycles. The minimum absolute atomic E-state index is 0.405. The maximum Gasteiger partial charge on any atom is 0.248 e. The molecule has 0 saturated heterocycles. The van der Waals surface area contributed by atoms with Crippen molar-refractivity contribution in [1.82, 2.24) is 9.97 Å². The summed E-state index contributed by atoms with van der Waals surface area (Å²) in [5.74, 6) is 0.265. The number of nitrogens with one attached hydrogen (secondary N) is 1. The van der Waals surface area contributed by atoms with E-state index in [1.165, 1.54) is 30.2 Å². The van der Waals surface area contributed by atoms with E-state index >= 15 is 0 Å². The zero-order valence-electron chi connectivity index (χ0n) is 12.2. The Hall–Kier alpha value is -2.62. The van der Waals surface area contributed by atoms with E-state index in [9.17, 15) is 4.79 Å². The lowest BCUT2D eigenvalue weighted by molar-refractivity contribution is 0.100. The van der Waals surface area contributed by atoms with Crippen LogP contribution >= 0.6 is 0 Å². The molecule has 0 spiro atoms. The highest BCUT2D eigenvalue weighted by molar-refractivity contribution is 5.93. The van der Waals surface area contributed by atoms with E-state index in [1.807, 2.05) is 18.3 Å². The summed E-state index contributed by atoms with van der Waals surface area (Å²) >= 11 is 0.